The van der Waals surface area contributed by atoms with E-state index < -0.39 is 11.6 Å². The zero-order valence-electron chi connectivity index (χ0n) is 11.8. The van der Waals surface area contributed by atoms with E-state index in [0.717, 1.165) is 12.1 Å². The minimum absolute atomic E-state index is 0.00534. The number of benzene rings is 2. The highest BCUT2D eigenvalue weighted by Crippen LogP contribution is 2.29. The molecule has 1 heterocycles. The smallest absolute Gasteiger partial charge is 0.162 e. The van der Waals surface area contributed by atoms with Gasteiger partial charge in [-0.15, -0.1) is 0 Å². The number of rotatable bonds is 2. The summed E-state index contributed by atoms with van der Waals surface area (Å²) in [5.74, 6) is -1.32. The van der Waals surface area contributed by atoms with Crippen LogP contribution in [0.2, 0.25) is 0 Å². The van der Waals surface area contributed by atoms with E-state index in [2.05, 4.69) is 9.97 Å². The lowest BCUT2D eigenvalue weighted by atomic mass is 10.1. The second kappa shape index (κ2) is 5.81. The summed E-state index contributed by atoms with van der Waals surface area (Å²) in [5.41, 5.74) is 6.48. The number of nitrogen functional groups attached to an aromatic ring is 1. The first kappa shape index (κ1) is 14.6. The number of hydrogen-bond acceptors (Lipinski definition) is 4. The molecule has 0 aliphatic heterocycles. The highest BCUT2D eigenvalue weighted by atomic mass is 19.1. The van der Waals surface area contributed by atoms with Crippen LogP contribution in [0.5, 0.6) is 0 Å². The molecule has 0 saturated carbocycles. The molecular formula is C17H10F2N4. The molecule has 0 bridgehead atoms. The van der Waals surface area contributed by atoms with Gasteiger partial charge in [-0.05, 0) is 12.1 Å². The fraction of sp³-hybridized carbons (Fsp3) is 0. The Kier molecular flexibility index (Phi) is 3.69. The number of nitrogens with zero attached hydrogens (tertiary/aromatic N) is 3. The third-order valence-electron chi connectivity index (χ3n) is 3.27. The van der Waals surface area contributed by atoms with Crippen molar-refractivity contribution in [3.63, 3.8) is 0 Å². The summed E-state index contributed by atoms with van der Waals surface area (Å²) in [7, 11) is 0. The molecule has 0 spiro atoms. The Bertz CT molecular complexity index is 918. The molecule has 2 N–H and O–H groups in total. The molecule has 3 rings (SSSR count). The van der Waals surface area contributed by atoms with Gasteiger partial charge < -0.3 is 5.73 Å². The quantitative estimate of drug-likeness (QED) is 0.785. The molecule has 0 radical (unpaired) electrons. The predicted molar refractivity (Wildman–Crippen MR) is 81.9 cm³/mol. The Balaban J connectivity index is 2.27. The number of hydrogen-bond donors (Lipinski definition) is 1. The summed E-state index contributed by atoms with van der Waals surface area (Å²) in [5, 5.41) is 9.26. The molecule has 0 atom stereocenters. The van der Waals surface area contributed by atoms with Crippen molar-refractivity contribution in [2.24, 2.45) is 0 Å². The number of nitriles is 1. The van der Waals surface area contributed by atoms with Gasteiger partial charge in [0.25, 0.3) is 0 Å². The zero-order chi connectivity index (χ0) is 16.4. The maximum Gasteiger partial charge on any atom is 0.162 e. The summed E-state index contributed by atoms with van der Waals surface area (Å²) in [6.07, 6.45) is 0. The van der Waals surface area contributed by atoms with Crippen LogP contribution in [0.15, 0.2) is 48.5 Å². The summed E-state index contributed by atoms with van der Waals surface area (Å²) in [4.78, 5) is 8.35. The van der Waals surface area contributed by atoms with Crippen molar-refractivity contribution in [2.75, 3.05) is 5.73 Å². The van der Waals surface area contributed by atoms with E-state index in [9.17, 15) is 14.0 Å². The molecular weight excluding hydrogens is 298 g/mol. The summed E-state index contributed by atoms with van der Waals surface area (Å²) in [6, 6.07) is 13.9. The van der Waals surface area contributed by atoms with Crippen LogP contribution in [0.4, 0.5) is 14.6 Å². The maximum absolute atomic E-state index is 14.1. The van der Waals surface area contributed by atoms with E-state index in [-0.39, 0.29) is 28.5 Å². The molecule has 0 aliphatic carbocycles. The van der Waals surface area contributed by atoms with E-state index in [1.807, 2.05) is 12.1 Å². The largest absolute Gasteiger partial charge is 0.382 e. The van der Waals surface area contributed by atoms with Crippen LogP contribution in [0, 0.1) is 23.0 Å². The fourth-order valence-electron chi connectivity index (χ4n) is 2.18. The normalized spacial score (nSPS) is 10.3. The fourth-order valence-corrected chi connectivity index (χ4v) is 2.18. The Morgan fingerprint density at radius 3 is 2.39 bits per heavy atom. The molecule has 23 heavy (non-hydrogen) atoms. The molecule has 1 aromatic heterocycles. The van der Waals surface area contributed by atoms with E-state index in [4.69, 9.17) is 5.73 Å². The lowest BCUT2D eigenvalue weighted by Crippen LogP contribution is -2.04. The van der Waals surface area contributed by atoms with Gasteiger partial charge in [-0.3, -0.25) is 0 Å². The van der Waals surface area contributed by atoms with Gasteiger partial charge in [0.2, 0.25) is 0 Å². The van der Waals surface area contributed by atoms with Gasteiger partial charge in [0.15, 0.2) is 5.82 Å². The van der Waals surface area contributed by atoms with Gasteiger partial charge in [-0.25, -0.2) is 18.7 Å². The standard InChI is InChI=1S/C17H10F2N4/c18-11-6-7-12(14(19)8-11)15-13(9-20)16(21)23-17(22-15)10-4-2-1-3-5-10/h1-8H,(H2,21,22,23). The average Bonchev–Trinajstić information content (AvgIpc) is 2.55. The number of aromatic nitrogens is 2. The van der Waals surface area contributed by atoms with Crippen molar-refractivity contribution in [3.05, 3.63) is 65.7 Å². The van der Waals surface area contributed by atoms with Gasteiger partial charge in [-0.1, -0.05) is 30.3 Å². The van der Waals surface area contributed by atoms with Crippen molar-refractivity contribution in [3.8, 4) is 28.7 Å². The number of anilines is 1. The molecule has 0 saturated heterocycles. The molecule has 0 fully saturated rings. The van der Waals surface area contributed by atoms with Gasteiger partial charge >= 0.3 is 0 Å². The summed E-state index contributed by atoms with van der Waals surface area (Å²) < 4.78 is 27.2. The van der Waals surface area contributed by atoms with E-state index in [1.165, 1.54) is 6.07 Å². The second-order valence-corrected chi connectivity index (χ2v) is 4.76. The topological polar surface area (TPSA) is 75.6 Å². The first-order valence-corrected chi connectivity index (χ1v) is 6.68. The maximum atomic E-state index is 14.1. The third-order valence-corrected chi connectivity index (χ3v) is 3.27. The first-order valence-electron chi connectivity index (χ1n) is 6.68. The summed E-state index contributed by atoms with van der Waals surface area (Å²) >= 11 is 0. The number of halogens is 2. The van der Waals surface area contributed by atoms with Crippen LogP contribution in [-0.2, 0) is 0 Å². The van der Waals surface area contributed by atoms with Crippen molar-refractivity contribution in [1.29, 1.82) is 5.26 Å². The molecule has 0 aliphatic rings. The average molecular weight is 308 g/mol. The number of nitrogens with two attached hydrogens (primary N) is 1. The first-order chi connectivity index (χ1) is 11.1. The van der Waals surface area contributed by atoms with Crippen LogP contribution in [0.25, 0.3) is 22.6 Å². The van der Waals surface area contributed by atoms with E-state index >= 15 is 0 Å². The molecule has 6 heteroatoms. The molecule has 0 amide bonds. The lowest BCUT2D eigenvalue weighted by Gasteiger charge is -2.09. The van der Waals surface area contributed by atoms with Crippen LogP contribution < -0.4 is 5.73 Å². The SMILES string of the molecule is N#Cc1c(N)nc(-c2ccccc2)nc1-c1ccc(F)cc1F. The minimum Gasteiger partial charge on any atom is -0.382 e. The minimum atomic E-state index is -0.821. The highest BCUT2D eigenvalue weighted by molar-refractivity contribution is 5.75. The monoisotopic (exact) mass is 308 g/mol. The van der Waals surface area contributed by atoms with E-state index in [1.54, 1.807) is 24.3 Å². The van der Waals surface area contributed by atoms with Crippen LogP contribution in [0.1, 0.15) is 5.56 Å². The van der Waals surface area contributed by atoms with Crippen LogP contribution >= 0.6 is 0 Å². The third kappa shape index (κ3) is 2.72. The molecule has 0 unspecified atom stereocenters. The summed E-state index contributed by atoms with van der Waals surface area (Å²) in [6.45, 7) is 0. The van der Waals surface area contributed by atoms with Crippen molar-refractivity contribution >= 4 is 5.82 Å². The van der Waals surface area contributed by atoms with Gasteiger partial charge in [-0.2, -0.15) is 5.26 Å². The molecule has 4 nitrogen and oxygen atoms in total. The van der Waals surface area contributed by atoms with Gasteiger partial charge in [0, 0.05) is 17.2 Å². The van der Waals surface area contributed by atoms with Crippen LogP contribution in [0.3, 0.4) is 0 Å². The Hall–Kier alpha value is -3.33. The second-order valence-electron chi connectivity index (χ2n) is 4.76. The van der Waals surface area contributed by atoms with Gasteiger partial charge in [0.1, 0.15) is 29.1 Å². The van der Waals surface area contributed by atoms with Crippen molar-refractivity contribution in [2.45, 2.75) is 0 Å². The Morgan fingerprint density at radius 2 is 1.74 bits per heavy atom. The highest BCUT2D eigenvalue weighted by Gasteiger charge is 2.18. The predicted octanol–water partition coefficient (Wildman–Crippen LogP) is 3.54. The molecule has 2 aromatic carbocycles. The Labute approximate surface area is 130 Å². The molecule has 3 aromatic rings. The van der Waals surface area contributed by atoms with E-state index in [0.29, 0.717) is 5.56 Å². The van der Waals surface area contributed by atoms with Gasteiger partial charge in [0.05, 0.1) is 5.69 Å². The lowest BCUT2D eigenvalue weighted by molar-refractivity contribution is 0.585. The van der Waals surface area contributed by atoms with Crippen molar-refractivity contribution in [1.82, 2.24) is 9.97 Å². The van der Waals surface area contributed by atoms with Crippen molar-refractivity contribution < 1.29 is 8.78 Å². The Morgan fingerprint density at radius 1 is 1.00 bits per heavy atom. The molecule has 112 valence electrons. The van der Waals surface area contributed by atoms with Crippen LogP contribution in [-0.4, -0.2) is 9.97 Å². The zero-order valence-corrected chi connectivity index (χ0v) is 11.8.